The third kappa shape index (κ3) is 5.29. The molecule has 0 nitrogen and oxygen atoms in total. The quantitative estimate of drug-likeness (QED) is 0.590. The van der Waals surface area contributed by atoms with Crippen molar-refractivity contribution in [3.05, 3.63) is 0 Å². The molecule has 15 heavy (non-hydrogen) atoms. The van der Waals surface area contributed by atoms with Crippen LogP contribution in [0.2, 0.25) is 0 Å². The van der Waals surface area contributed by atoms with Gasteiger partial charge < -0.3 is 0 Å². The van der Waals surface area contributed by atoms with Crippen LogP contribution in [0.5, 0.6) is 0 Å². The van der Waals surface area contributed by atoms with Crippen LogP contribution >= 0.6 is 10.9 Å². The van der Waals surface area contributed by atoms with E-state index >= 15 is 0 Å². The minimum absolute atomic E-state index is 0.409. The Morgan fingerprint density at radius 2 is 1.40 bits per heavy atom. The highest BCUT2D eigenvalue weighted by molar-refractivity contribution is 8.17. The SMILES string of the molecule is CCCC[SH](CCCC)C1CCCCC1. The Hall–Kier alpha value is 0.350. The topological polar surface area (TPSA) is 0 Å². The Bertz CT molecular complexity index is 130. The molecule has 1 rings (SSSR count). The molecule has 0 radical (unpaired) electrons. The summed E-state index contributed by atoms with van der Waals surface area (Å²) < 4.78 is 0. The summed E-state index contributed by atoms with van der Waals surface area (Å²) in [5, 5.41) is 1.16. The summed E-state index contributed by atoms with van der Waals surface area (Å²) in [6.45, 7) is 4.68. The summed E-state index contributed by atoms with van der Waals surface area (Å²) in [6, 6.07) is 0. The van der Waals surface area contributed by atoms with Crippen LogP contribution in [0.3, 0.4) is 0 Å². The molecule has 0 unspecified atom stereocenters. The molecule has 92 valence electrons. The molecular formula is C14H30S. The van der Waals surface area contributed by atoms with E-state index in [1.165, 1.54) is 44.9 Å². The van der Waals surface area contributed by atoms with Crippen LogP contribution in [0.25, 0.3) is 0 Å². The highest BCUT2D eigenvalue weighted by Crippen LogP contribution is 2.41. The second-order valence-electron chi connectivity index (χ2n) is 5.03. The van der Waals surface area contributed by atoms with Crippen molar-refractivity contribution in [1.29, 1.82) is 0 Å². The van der Waals surface area contributed by atoms with E-state index in [-0.39, 0.29) is 0 Å². The summed E-state index contributed by atoms with van der Waals surface area (Å²) in [5.74, 6) is 3.16. The van der Waals surface area contributed by atoms with E-state index in [2.05, 4.69) is 13.8 Å². The highest BCUT2D eigenvalue weighted by Gasteiger charge is 2.19. The van der Waals surface area contributed by atoms with Crippen LogP contribution in [0.15, 0.2) is 0 Å². The molecule has 0 amide bonds. The summed E-state index contributed by atoms with van der Waals surface area (Å²) in [5.41, 5.74) is 0. The van der Waals surface area contributed by atoms with Crippen molar-refractivity contribution in [2.75, 3.05) is 11.5 Å². The maximum Gasteiger partial charge on any atom is -0.0137 e. The first-order chi connectivity index (χ1) is 7.38. The van der Waals surface area contributed by atoms with Crippen LogP contribution in [-0.4, -0.2) is 16.8 Å². The molecule has 0 spiro atoms. The van der Waals surface area contributed by atoms with E-state index in [0.29, 0.717) is 10.9 Å². The molecule has 0 bridgehead atoms. The summed E-state index contributed by atoms with van der Waals surface area (Å²) in [7, 11) is 0.409. The van der Waals surface area contributed by atoms with E-state index in [4.69, 9.17) is 0 Å². The molecule has 1 aliphatic rings. The Kier molecular flexibility index (Phi) is 7.60. The zero-order chi connectivity index (χ0) is 10.9. The smallest absolute Gasteiger partial charge is 0.0137 e. The Labute approximate surface area is 99.6 Å². The van der Waals surface area contributed by atoms with E-state index < -0.39 is 0 Å². The maximum atomic E-state index is 2.34. The number of hydrogen-bond acceptors (Lipinski definition) is 0. The van der Waals surface area contributed by atoms with Gasteiger partial charge in [0.25, 0.3) is 0 Å². The van der Waals surface area contributed by atoms with Crippen LogP contribution in [0, 0.1) is 0 Å². The average Bonchev–Trinajstić information content (AvgIpc) is 2.30. The second kappa shape index (κ2) is 8.50. The molecule has 1 aliphatic carbocycles. The van der Waals surface area contributed by atoms with E-state index in [9.17, 15) is 0 Å². The van der Waals surface area contributed by atoms with Crippen LogP contribution in [0.4, 0.5) is 0 Å². The zero-order valence-electron chi connectivity index (χ0n) is 10.8. The van der Waals surface area contributed by atoms with Gasteiger partial charge in [0.15, 0.2) is 0 Å². The van der Waals surface area contributed by atoms with E-state index in [1.54, 1.807) is 24.3 Å². The van der Waals surface area contributed by atoms with Crippen molar-refractivity contribution >= 4 is 10.9 Å². The van der Waals surface area contributed by atoms with Gasteiger partial charge in [-0.25, -0.2) is 0 Å². The summed E-state index contributed by atoms with van der Waals surface area (Å²) >= 11 is 0. The fraction of sp³-hybridized carbons (Fsp3) is 1.00. The van der Waals surface area contributed by atoms with Crippen molar-refractivity contribution in [1.82, 2.24) is 0 Å². The summed E-state index contributed by atoms with van der Waals surface area (Å²) in [4.78, 5) is 0. The first-order valence-corrected chi connectivity index (χ1v) is 8.90. The standard InChI is InChI=1S/C14H30S/c1-3-5-12-15(13-6-4-2)14-10-8-7-9-11-14/h14-15H,3-13H2,1-2H3. The van der Waals surface area contributed by atoms with Gasteiger partial charge in [-0.3, -0.25) is 10.9 Å². The van der Waals surface area contributed by atoms with E-state index in [0.717, 1.165) is 5.25 Å². The number of rotatable bonds is 7. The fourth-order valence-electron chi connectivity index (χ4n) is 2.65. The number of hydrogen-bond donors (Lipinski definition) is 1. The monoisotopic (exact) mass is 230 g/mol. The molecule has 0 aromatic carbocycles. The average molecular weight is 230 g/mol. The molecule has 1 heteroatoms. The molecule has 0 atom stereocenters. The minimum atomic E-state index is 0.409. The van der Waals surface area contributed by atoms with Gasteiger partial charge in [-0.2, -0.15) is 0 Å². The normalized spacial score (nSPS) is 19.2. The number of thiol groups is 1. The number of unbranched alkanes of at least 4 members (excludes halogenated alkanes) is 2. The first-order valence-electron chi connectivity index (χ1n) is 7.12. The van der Waals surface area contributed by atoms with Gasteiger partial charge in [-0.1, -0.05) is 46.0 Å². The lowest BCUT2D eigenvalue weighted by atomic mass is 10.0. The van der Waals surface area contributed by atoms with Gasteiger partial charge in [-0.05, 0) is 42.4 Å². The zero-order valence-corrected chi connectivity index (χ0v) is 11.7. The molecule has 0 aromatic heterocycles. The Morgan fingerprint density at radius 1 is 0.867 bits per heavy atom. The largest absolute Gasteiger partial charge is 0.251 e. The first kappa shape index (κ1) is 13.4. The van der Waals surface area contributed by atoms with Gasteiger partial charge in [0.1, 0.15) is 0 Å². The van der Waals surface area contributed by atoms with Crippen LogP contribution in [0.1, 0.15) is 71.6 Å². The lowest BCUT2D eigenvalue weighted by Gasteiger charge is -2.34. The lowest BCUT2D eigenvalue weighted by Crippen LogP contribution is -2.16. The Balaban J connectivity index is 2.30. The van der Waals surface area contributed by atoms with Crippen molar-refractivity contribution in [2.24, 2.45) is 0 Å². The molecule has 0 aliphatic heterocycles. The predicted molar refractivity (Wildman–Crippen MR) is 75.4 cm³/mol. The molecule has 0 N–H and O–H groups in total. The minimum Gasteiger partial charge on any atom is -0.251 e. The van der Waals surface area contributed by atoms with Gasteiger partial charge >= 0.3 is 0 Å². The fourth-order valence-corrected chi connectivity index (χ4v) is 6.14. The second-order valence-corrected chi connectivity index (χ2v) is 7.84. The van der Waals surface area contributed by atoms with Gasteiger partial charge in [0, 0.05) is 0 Å². The molecule has 1 fully saturated rings. The Morgan fingerprint density at radius 3 is 1.87 bits per heavy atom. The molecule has 0 heterocycles. The van der Waals surface area contributed by atoms with Gasteiger partial charge in [0.2, 0.25) is 0 Å². The molecule has 0 aromatic rings. The van der Waals surface area contributed by atoms with Crippen LogP contribution < -0.4 is 0 Å². The maximum absolute atomic E-state index is 2.34. The highest BCUT2D eigenvalue weighted by atomic mass is 32.2. The molecular weight excluding hydrogens is 200 g/mol. The summed E-state index contributed by atoms with van der Waals surface area (Å²) in [6.07, 6.45) is 13.5. The predicted octanol–water partition coefficient (Wildman–Crippen LogP) is 4.92. The molecule has 0 saturated heterocycles. The van der Waals surface area contributed by atoms with Crippen molar-refractivity contribution in [2.45, 2.75) is 76.9 Å². The lowest BCUT2D eigenvalue weighted by molar-refractivity contribution is 0.513. The third-order valence-corrected chi connectivity index (χ3v) is 7.02. The van der Waals surface area contributed by atoms with Crippen LogP contribution in [-0.2, 0) is 0 Å². The van der Waals surface area contributed by atoms with Gasteiger partial charge in [0.05, 0.1) is 0 Å². The molecule has 1 saturated carbocycles. The van der Waals surface area contributed by atoms with Crippen molar-refractivity contribution in [3.63, 3.8) is 0 Å². The van der Waals surface area contributed by atoms with Crippen molar-refractivity contribution < 1.29 is 0 Å². The van der Waals surface area contributed by atoms with Gasteiger partial charge in [-0.15, -0.1) is 0 Å². The third-order valence-electron chi connectivity index (χ3n) is 3.69. The van der Waals surface area contributed by atoms with E-state index in [1.807, 2.05) is 0 Å². The van der Waals surface area contributed by atoms with Crippen molar-refractivity contribution in [3.8, 4) is 0 Å².